The van der Waals surface area contributed by atoms with Crippen molar-refractivity contribution in [1.82, 2.24) is 5.32 Å². The molecular weight excluding hydrogens is 309 g/mol. The van der Waals surface area contributed by atoms with E-state index in [0.29, 0.717) is 13.2 Å². The lowest BCUT2D eigenvalue weighted by molar-refractivity contribution is -0.0466. The van der Waals surface area contributed by atoms with Gasteiger partial charge in [-0.2, -0.15) is 0 Å². The normalized spacial score (nSPS) is 18.1. The minimum Gasteiger partial charge on any atom is -0.444 e. The molecule has 0 spiro atoms. The molecule has 0 saturated carbocycles. The van der Waals surface area contributed by atoms with Crippen LogP contribution in [0.25, 0.3) is 0 Å². The van der Waals surface area contributed by atoms with Crippen LogP contribution in [0.15, 0.2) is 0 Å². The molecule has 1 aliphatic heterocycles. The summed E-state index contributed by atoms with van der Waals surface area (Å²) >= 11 is 1.94. The van der Waals surface area contributed by atoms with Crippen LogP contribution in [0.5, 0.6) is 0 Å². The van der Waals surface area contributed by atoms with Crippen molar-refractivity contribution >= 4 is 28.7 Å². The van der Waals surface area contributed by atoms with Crippen LogP contribution >= 0.6 is 22.6 Å². The van der Waals surface area contributed by atoms with Crippen LogP contribution in [0.2, 0.25) is 0 Å². The number of ether oxygens (including phenoxy) is 2. The number of hydrogen-bond donors (Lipinski definition) is 1. The SMILES string of the molecule is CC(C)(C)OC(=O)NC1(C#CI)COC1. The maximum absolute atomic E-state index is 11.5. The number of carbonyl (C=O) groups excluding carboxylic acids is 1. The van der Waals surface area contributed by atoms with Gasteiger partial charge >= 0.3 is 6.09 Å². The Morgan fingerprint density at radius 2 is 2.13 bits per heavy atom. The molecule has 0 unspecified atom stereocenters. The van der Waals surface area contributed by atoms with E-state index in [-0.39, 0.29) is 0 Å². The van der Waals surface area contributed by atoms with Crippen LogP contribution in [-0.4, -0.2) is 30.4 Å². The molecule has 0 bridgehead atoms. The Morgan fingerprint density at radius 1 is 1.53 bits per heavy atom. The summed E-state index contributed by atoms with van der Waals surface area (Å²) in [6.45, 7) is 6.30. The van der Waals surface area contributed by atoms with Crippen LogP contribution in [0.1, 0.15) is 20.8 Å². The van der Waals surface area contributed by atoms with Crippen molar-refractivity contribution < 1.29 is 14.3 Å². The zero-order chi connectivity index (χ0) is 11.5. The van der Waals surface area contributed by atoms with Crippen molar-refractivity contribution in [3.05, 3.63) is 0 Å². The zero-order valence-electron chi connectivity index (χ0n) is 9.02. The highest BCUT2D eigenvalue weighted by Gasteiger charge is 2.39. The summed E-state index contributed by atoms with van der Waals surface area (Å²) in [4.78, 5) is 11.5. The van der Waals surface area contributed by atoms with E-state index in [1.165, 1.54) is 0 Å². The maximum atomic E-state index is 11.5. The van der Waals surface area contributed by atoms with Crippen LogP contribution in [0, 0.1) is 9.85 Å². The summed E-state index contributed by atoms with van der Waals surface area (Å²) in [5, 5.41) is 2.72. The van der Waals surface area contributed by atoms with E-state index in [9.17, 15) is 4.79 Å². The van der Waals surface area contributed by atoms with Crippen molar-refractivity contribution in [1.29, 1.82) is 0 Å². The molecule has 0 radical (unpaired) electrons. The van der Waals surface area contributed by atoms with E-state index in [1.807, 2.05) is 43.4 Å². The van der Waals surface area contributed by atoms with E-state index in [4.69, 9.17) is 9.47 Å². The summed E-state index contributed by atoms with van der Waals surface area (Å²) in [5.74, 6) is 2.91. The first kappa shape index (κ1) is 12.6. The quantitative estimate of drug-likeness (QED) is 0.590. The van der Waals surface area contributed by atoms with Crippen molar-refractivity contribution in [3.63, 3.8) is 0 Å². The lowest BCUT2D eigenvalue weighted by Crippen LogP contribution is -2.61. The molecule has 5 heteroatoms. The smallest absolute Gasteiger partial charge is 0.409 e. The molecule has 1 saturated heterocycles. The summed E-state index contributed by atoms with van der Waals surface area (Å²) in [6, 6.07) is 0. The third kappa shape index (κ3) is 3.87. The second-order valence-electron chi connectivity index (χ2n) is 4.42. The Bertz CT molecular complexity index is 307. The van der Waals surface area contributed by atoms with Gasteiger partial charge in [0.05, 0.1) is 13.2 Å². The van der Waals surface area contributed by atoms with E-state index in [2.05, 4.69) is 15.2 Å². The summed E-state index contributed by atoms with van der Waals surface area (Å²) < 4.78 is 12.9. The van der Waals surface area contributed by atoms with Crippen LogP contribution in [-0.2, 0) is 9.47 Å². The van der Waals surface area contributed by atoms with Gasteiger partial charge < -0.3 is 14.8 Å². The molecular formula is C10H14INO3. The number of rotatable bonds is 1. The van der Waals surface area contributed by atoms with Crippen LogP contribution in [0.4, 0.5) is 4.79 Å². The number of carbonyl (C=O) groups is 1. The van der Waals surface area contributed by atoms with Crippen molar-refractivity contribution in [2.75, 3.05) is 13.2 Å². The van der Waals surface area contributed by atoms with E-state index in [0.717, 1.165) is 0 Å². The minimum absolute atomic E-state index is 0.419. The van der Waals surface area contributed by atoms with Gasteiger partial charge in [0.1, 0.15) is 5.60 Å². The first-order valence-electron chi connectivity index (χ1n) is 4.59. The van der Waals surface area contributed by atoms with Gasteiger partial charge in [0.2, 0.25) is 0 Å². The lowest BCUT2D eigenvalue weighted by atomic mass is 9.99. The fourth-order valence-electron chi connectivity index (χ4n) is 1.07. The molecule has 1 aliphatic rings. The highest BCUT2D eigenvalue weighted by molar-refractivity contribution is 14.1. The second-order valence-corrected chi connectivity index (χ2v) is 4.96. The Hall–Kier alpha value is -0.480. The molecule has 1 fully saturated rings. The molecule has 0 atom stereocenters. The number of alkyl carbamates (subject to hydrolysis) is 1. The molecule has 0 aromatic carbocycles. The number of amides is 1. The Balaban J connectivity index is 2.52. The van der Waals surface area contributed by atoms with Crippen LogP contribution < -0.4 is 5.32 Å². The molecule has 1 heterocycles. The molecule has 15 heavy (non-hydrogen) atoms. The standard InChI is InChI=1S/C10H14INO3/c1-9(2,3)15-8(13)12-10(4-5-11)6-14-7-10/h6-7H2,1-3H3,(H,12,13). The van der Waals surface area contributed by atoms with Crippen molar-refractivity contribution in [2.24, 2.45) is 0 Å². The van der Waals surface area contributed by atoms with Gasteiger partial charge in [-0.25, -0.2) is 4.79 Å². The largest absolute Gasteiger partial charge is 0.444 e. The first-order valence-corrected chi connectivity index (χ1v) is 5.66. The third-order valence-electron chi connectivity index (χ3n) is 1.72. The highest BCUT2D eigenvalue weighted by Crippen LogP contribution is 2.17. The summed E-state index contributed by atoms with van der Waals surface area (Å²) in [6.07, 6.45) is -0.454. The van der Waals surface area contributed by atoms with Gasteiger partial charge in [0.25, 0.3) is 0 Å². The number of nitrogens with one attached hydrogen (secondary N) is 1. The maximum Gasteiger partial charge on any atom is 0.409 e. The van der Waals surface area contributed by atoms with Gasteiger partial charge in [0.15, 0.2) is 5.54 Å². The van der Waals surface area contributed by atoms with Gasteiger partial charge in [-0.1, -0.05) is 5.92 Å². The molecule has 0 aromatic rings. The van der Waals surface area contributed by atoms with Crippen molar-refractivity contribution in [2.45, 2.75) is 31.9 Å². The second kappa shape index (κ2) is 4.58. The molecule has 1 amide bonds. The van der Waals surface area contributed by atoms with Gasteiger partial charge in [-0.05, 0) is 24.7 Å². The predicted octanol–water partition coefficient (Wildman–Crippen LogP) is 1.68. The molecule has 0 aromatic heterocycles. The number of hydrogen-bond acceptors (Lipinski definition) is 3. The lowest BCUT2D eigenvalue weighted by Gasteiger charge is -2.37. The van der Waals surface area contributed by atoms with E-state index in [1.54, 1.807) is 0 Å². The first-order chi connectivity index (χ1) is 6.87. The Labute approximate surface area is 103 Å². The fraction of sp³-hybridized carbons (Fsp3) is 0.700. The summed E-state index contributed by atoms with van der Waals surface area (Å²) in [7, 11) is 0. The zero-order valence-corrected chi connectivity index (χ0v) is 11.2. The molecule has 1 rings (SSSR count). The van der Waals surface area contributed by atoms with E-state index >= 15 is 0 Å². The monoisotopic (exact) mass is 323 g/mol. The molecule has 0 aliphatic carbocycles. The number of halogens is 1. The Kier molecular flexibility index (Phi) is 3.84. The van der Waals surface area contributed by atoms with Crippen molar-refractivity contribution in [3.8, 4) is 9.85 Å². The predicted molar refractivity (Wildman–Crippen MR) is 64.7 cm³/mol. The van der Waals surface area contributed by atoms with E-state index < -0.39 is 17.2 Å². The molecule has 1 N–H and O–H groups in total. The topological polar surface area (TPSA) is 47.6 Å². The fourth-order valence-corrected chi connectivity index (χ4v) is 1.59. The third-order valence-corrected chi connectivity index (χ3v) is 1.99. The summed E-state index contributed by atoms with van der Waals surface area (Å²) in [5.41, 5.74) is -1.04. The average molecular weight is 323 g/mol. The minimum atomic E-state index is -0.552. The highest BCUT2D eigenvalue weighted by atomic mass is 127. The Morgan fingerprint density at radius 3 is 2.47 bits per heavy atom. The molecule has 4 nitrogen and oxygen atoms in total. The van der Waals surface area contributed by atoms with Gasteiger partial charge in [-0.3, -0.25) is 0 Å². The molecule has 84 valence electrons. The van der Waals surface area contributed by atoms with Gasteiger partial charge in [0, 0.05) is 22.6 Å². The van der Waals surface area contributed by atoms with Crippen LogP contribution in [0.3, 0.4) is 0 Å². The average Bonchev–Trinajstić information content (AvgIpc) is 1.96. The van der Waals surface area contributed by atoms with Gasteiger partial charge in [-0.15, -0.1) is 0 Å².